The van der Waals surface area contributed by atoms with Crippen LogP contribution in [0.5, 0.6) is 0 Å². The maximum atomic E-state index is 12.4. The number of aromatic nitrogens is 2. The third kappa shape index (κ3) is 5.54. The van der Waals surface area contributed by atoms with Crippen LogP contribution in [0.3, 0.4) is 0 Å². The summed E-state index contributed by atoms with van der Waals surface area (Å²) >= 11 is 0. The van der Waals surface area contributed by atoms with Gasteiger partial charge in [0.2, 0.25) is 5.95 Å². The van der Waals surface area contributed by atoms with Crippen LogP contribution >= 0.6 is 0 Å². The molecule has 1 saturated heterocycles. The van der Waals surface area contributed by atoms with Gasteiger partial charge in [0, 0.05) is 37.7 Å². The number of hydrogen-bond donors (Lipinski definition) is 2. The topological polar surface area (TPSA) is 96.8 Å². The molecule has 1 aromatic heterocycles. The van der Waals surface area contributed by atoms with E-state index in [-0.39, 0.29) is 5.97 Å². The number of nitrogens with one attached hydrogen (secondary N) is 1. The monoisotopic (exact) mass is 448 g/mol. The van der Waals surface area contributed by atoms with E-state index in [1.54, 1.807) is 29.6 Å². The Morgan fingerprint density at radius 3 is 2.27 bits per heavy atom. The molecule has 2 aromatic carbocycles. The molecular formula is C25H28N4O4. The highest BCUT2D eigenvalue weighted by Crippen LogP contribution is 2.36. The summed E-state index contributed by atoms with van der Waals surface area (Å²) in [5.41, 5.74) is 1.72. The van der Waals surface area contributed by atoms with E-state index < -0.39 is 11.8 Å². The standard InChI is InChI=1S/C25H28N4O4/c1-2-32-22(30)20-17-26-24(27-18-20)28-25(21-11-7-4-8-12-21)13-15-29(16-14-25)33-23(31)19-9-5-3-6-10-19/h3-12,17-18,22,30H,2,13-16H2,1H3,(H,26,27,28). The van der Waals surface area contributed by atoms with E-state index in [0.29, 0.717) is 49.6 Å². The highest BCUT2D eigenvalue weighted by molar-refractivity contribution is 5.89. The Labute approximate surface area is 193 Å². The van der Waals surface area contributed by atoms with Gasteiger partial charge < -0.3 is 20.0 Å². The Morgan fingerprint density at radius 2 is 1.67 bits per heavy atom. The summed E-state index contributed by atoms with van der Waals surface area (Å²) in [5, 5.41) is 15.2. The fourth-order valence-electron chi connectivity index (χ4n) is 3.94. The number of hydrogen-bond acceptors (Lipinski definition) is 8. The van der Waals surface area contributed by atoms with Crippen molar-refractivity contribution in [2.45, 2.75) is 31.6 Å². The van der Waals surface area contributed by atoms with Crippen molar-refractivity contribution in [2.75, 3.05) is 25.0 Å². The van der Waals surface area contributed by atoms with Gasteiger partial charge in [-0.15, -0.1) is 5.06 Å². The average molecular weight is 449 g/mol. The molecule has 1 atom stereocenters. The number of carbonyl (C=O) groups excluding carboxylic acids is 1. The van der Waals surface area contributed by atoms with Crippen LogP contribution in [-0.4, -0.2) is 45.8 Å². The normalized spacial score (nSPS) is 16.7. The molecule has 2 N–H and O–H groups in total. The first kappa shape index (κ1) is 22.8. The minimum Gasteiger partial charge on any atom is -0.364 e. The molecule has 2 heterocycles. The first-order chi connectivity index (χ1) is 16.1. The second kappa shape index (κ2) is 10.5. The van der Waals surface area contributed by atoms with Crippen LogP contribution in [-0.2, 0) is 15.1 Å². The summed E-state index contributed by atoms with van der Waals surface area (Å²) in [6, 6.07) is 19.1. The Bertz CT molecular complexity index is 1020. The largest absolute Gasteiger partial charge is 0.364 e. The van der Waals surface area contributed by atoms with Crippen LogP contribution in [0.15, 0.2) is 73.1 Å². The van der Waals surface area contributed by atoms with Gasteiger partial charge in [0.25, 0.3) is 0 Å². The summed E-state index contributed by atoms with van der Waals surface area (Å²) in [6.45, 7) is 3.32. The number of piperidine rings is 1. The van der Waals surface area contributed by atoms with Crippen LogP contribution in [0.1, 0.15) is 47.5 Å². The molecule has 8 heteroatoms. The number of aliphatic hydroxyl groups is 1. The molecule has 0 aliphatic carbocycles. The van der Waals surface area contributed by atoms with Gasteiger partial charge in [0.05, 0.1) is 11.1 Å². The van der Waals surface area contributed by atoms with Crippen LogP contribution < -0.4 is 5.32 Å². The Hall–Kier alpha value is -3.33. The first-order valence-electron chi connectivity index (χ1n) is 11.1. The van der Waals surface area contributed by atoms with Gasteiger partial charge in [-0.2, -0.15) is 0 Å². The lowest BCUT2D eigenvalue weighted by molar-refractivity contribution is -0.127. The summed E-state index contributed by atoms with van der Waals surface area (Å²) in [7, 11) is 0. The van der Waals surface area contributed by atoms with Crippen molar-refractivity contribution >= 4 is 11.9 Å². The predicted octanol–water partition coefficient (Wildman–Crippen LogP) is 3.68. The van der Waals surface area contributed by atoms with Gasteiger partial charge in [0.1, 0.15) is 0 Å². The SMILES string of the molecule is CCOC(O)c1cnc(NC2(c3ccccc3)CCN(OC(=O)c3ccccc3)CC2)nc1. The average Bonchev–Trinajstić information content (AvgIpc) is 2.87. The van der Waals surface area contributed by atoms with Gasteiger partial charge in [-0.05, 0) is 37.5 Å². The van der Waals surface area contributed by atoms with E-state index in [0.717, 1.165) is 5.56 Å². The number of benzene rings is 2. The lowest BCUT2D eigenvalue weighted by Gasteiger charge is -2.41. The molecule has 1 aliphatic heterocycles. The van der Waals surface area contributed by atoms with Gasteiger partial charge in [-0.3, -0.25) is 0 Å². The number of rotatable bonds is 8. The minimum absolute atomic E-state index is 0.359. The molecule has 0 saturated carbocycles. The van der Waals surface area contributed by atoms with Crippen LogP contribution in [0, 0.1) is 0 Å². The molecule has 1 aliphatic rings. The molecule has 0 radical (unpaired) electrons. The van der Waals surface area contributed by atoms with Crippen molar-refractivity contribution in [1.29, 1.82) is 0 Å². The molecule has 172 valence electrons. The highest BCUT2D eigenvalue weighted by atomic mass is 16.7. The molecule has 3 aromatic rings. The second-order valence-corrected chi connectivity index (χ2v) is 7.89. The van der Waals surface area contributed by atoms with Gasteiger partial charge in [-0.25, -0.2) is 14.8 Å². The third-order valence-electron chi connectivity index (χ3n) is 5.76. The summed E-state index contributed by atoms with van der Waals surface area (Å²) in [6.07, 6.45) is 3.45. The molecule has 0 amide bonds. The van der Waals surface area contributed by atoms with Crippen LogP contribution in [0.2, 0.25) is 0 Å². The fourth-order valence-corrected chi connectivity index (χ4v) is 3.94. The van der Waals surface area contributed by atoms with Crippen molar-refractivity contribution < 1.29 is 19.5 Å². The molecule has 1 unspecified atom stereocenters. The Kier molecular flexibility index (Phi) is 7.29. The maximum Gasteiger partial charge on any atom is 0.357 e. The number of carbonyl (C=O) groups is 1. The first-order valence-corrected chi connectivity index (χ1v) is 11.1. The Morgan fingerprint density at radius 1 is 1.06 bits per heavy atom. The summed E-state index contributed by atoms with van der Waals surface area (Å²) in [4.78, 5) is 26.8. The smallest absolute Gasteiger partial charge is 0.357 e. The molecule has 1 fully saturated rings. The van der Waals surface area contributed by atoms with Crippen LogP contribution in [0.25, 0.3) is 0 Å². The zero-order valence-corrected chi connectivity index (χ0v) is 18.6. The highest BCUT2D eigenvalue weighted by Gasteiger charge is 2.38. The number of hydroxylamine groups is 2. The molecule has 33 heavy (non-hydrogen) atoms. The summed E-state index contributed by atoms with van der Waals surface area (Å²) in [5.74, 6) is 0.101. The zero-order chi connectivity index (χ0) is 23.1. The molecule has 4 rings (SSSR count). The molecule has 0 spiro atoms. The van der Waals surface area contributed by atoms with E-state index in [1.807, 2.05) is 43.3 Å². The number of nitrogens with zero attached hydrogens (tertiary/aromatic N) is 3. The van der Waals surface area contributed by atoms with E-state index in [1.165, 1.54) is 0 Å². The van der Waals surface area contributed by atoms with E-state index in [4.69, 9.17) is 9.57 Å². The van der Waals surface area contributed by atoms with E-state index >= 15 is 0 Å². The molecular weight excluding hydrogens is 420 g/mol. The number of ether oxygens (including phenoxy) is 1. The molecule has 8 nitrogen and oxygen atoms in total. The summed E-state index contributed by atoms with van der Waals surface area (Å²) < 4.78 is 5.19. The quantitative estimate of drug-likeness (QED) is 0.504. The minimum atomic E-state index is -1.05. The fraction of sp³-hybridized carbons (Fsp3) is 0.320. The van der Waals surface area contributed by atoms with Gasteiger partial charge in [-0.1, -0.05) is 48.5 Å². The lowest BCUT2D eigenvalue weighted by atomic mass is 9.81. The predicted molar refractivity (Wildman–Crippen MR) is 123 cm³/mol. The van der Waals surface area contributed by atoms with Gasteiger partial charge >= 0.3 is 5.97 Å². The van der Waals surface area contributed by atoms with E-state index in [9.17, 15) is 9.90 Å². The van der Waals surface area contributed by atoms with Crippen molar-refractivity contribution in [3.63, 3.8) is 0 Å². The molecule has 0 bridgehead atoms. The van der Waals surface area contributed by atoms with Crippen molar-refractivity contribution in [1.82, 2.24) is 15.0 Å². The third-order valence-corrected chi connectivity index (χ3v) is 5.76. The van der Waals surface area contributed by atoms with Crippen molar-refractivity contribution in [3.05, 3.63) is 89.7 Å². The van der Waals surface area contributed by atoms with Gasteiger partial charge in [0.15, 0.2) is 6.29 Å². The second-order valence-electron chi connectivity index (χ2n) is 7.89. The maximum absolute atomic E-state index is 12.4. The zero-order valence-electron chi connectivity index (χ0n) is 18.6. The van der Waals surface area contributed by atoms with Crippen LogP contribution in [0.4, 0.5) is 5.95 Å². The number of aliphatic hydroxyl groups excluding tert-OH is 1. The van der Waals surface area contributed by atoms with E-state index in [2.05, 4.69) is 27.4 Å². The van der Waals surface area contributed by atoms with Crippen molar-refractivity contribution in [3.8, 4) is 0 Å². The van der Waals surface area contributed by atoms with Crippen molar-refractivity contribution in [2.24, 2.45) is 0 Å². The number of anilines is 1. The Balaban J connectivity index is 1.47. The lowest BCUT2D eigenvalue weighted by Crippen LogP contribution is -2.48.